The molecule has 0 bridgehead atoms. The molecule has 132 valence electrons. The predicted molar refractivity (Wildman–Crippen MR) is 69.4 cm³/mol. The van der Waals surface area contributed by atoms with Crippen molar-refractivity contribution in [2.45, 2.75) is 12.4 Å². The summed E-state index contributed by atoms with van der Waals surface area (Å²) in [7, 11) is -2.08. The number of benzene rings is 2. The summed E-state index contributed by atoms with van der Waals surface area (Å²) >= 11 is 0. The van der Waals surface area contributed by atoms with Crippen LogP contribution in [0, 0.1) is 11.6 Å². The molecule has 0 fully saturated rings. The highest BCUT2D eigenvalue weighted by atomic mass is 19.4. The van der Waals surface area contributed by atoms with Crippen molar-refractivity contribution < 1.29 is 44.4 Å². The Balaban J connectivity index is 2.11. The minimum Gasteiger partial charge on any atom is -0.517 e. The lowest BCUT2D eigenvalue weighted by Crippen LogP contribution is -2.43. The van der Waals surface area contributed by atoms with Crippen molar-refractivity contribution in [1.82, 2.24) is 0 Å². The summed E-state index contributed by atoms with van der Waals surface area (Å²) in [6.07, 6.45) is -9.96. The maximum absolute atomic E-state index is 13.6. The molecule has 0 unspecified atom stereocenters. The van der Waals surface area contributed by atoms with Crippen LogP contribution in [-0.4, -0.2) is 7.12 Å². The van der Waals surface area contributed by atoms with Gasteiger partial charge in [-0.25, -0.2) is 8.78 Å². The van der Waals surface area contributed by atoms with Gasteiger partial charge in [0.1, 0.15) is 0 Å². The minimum atomic E-state index is -5.03. The van der Waals surface area contributed by atoms with Gasteiger partial charge in [0.05, 0.1) is 11.1 Å². The minimum absolute atomic E-state index is 0.176. The van der Waals surface area contributed by atoms with Crippen LogP contribution in [0.1, 0.15) is 11.1 Å². The van der Waals surface area contributed by atoms with E-state index in [-0.39, 0.29) is 18.2 Å². The maximum atomic E-state index is 13.6. The summed E-state index contributed by atoms with van der Waals surface area (Å²) in [6.45, 7) is 0. The van der Waals surface area contributed by atoms with Gasteiger partial charge in [0.25, 0.3) is 0 Å². The van der Waals surface area contributed by atoms with Crippen LogP contribution in [0.4, 0.5) is 35.1 Å². The molecule has 2 aromatic rings. The van der Waals surface area contributed by atoms with E-state index >= 15 is 0 Å². The quantitative estimate of drug-likeness (QED) is 0.556. The van der Waals surface area contributed by atoms with Crippen LogP contribution >= 0.6 is 0 Å². The van der Waals surface area contributed by atoms with Crippen molar-refractivity contribution in [2.75, 3.05) is 0 Å². The van der Waals surface area contributed by atoms with E-state index in [2.05, 4.69) is 0 Å². The molecule has 0 saturated heterocycles. The highest BCUT2D eigenvalue weighted by molar-refractivity contribution is 6.64. The number of fused-ring (bicyclic) bond motifs is 1. The van der Waals surface area contributed by atoms with E-state index in [0.29, 0.717) is 12.1 Å². The number of hydrogen-bond donors (Lipinski definition) is 0. The first-order valence-corrected chi connectivity index (χ1v) is 6.58. The van der Waals surface area contributed by atoms with Crippen LogP contribution < -0.4 is 14.8 Å². The van der Waals surface area contributed by atoms with E-state index < -0.39 is 59.2 Å². The molecule has 25 heavy (non-hydrogen) atoms. The van der Waals surface area contributed by atoms with Crippen molar-refractivity contribution in [3.63, 3.8) is 0 Å². The molecule has 11 heteroatoms. The van der Waals surface area contributed by atoms with E-state index in [1.165, 1.54) is 0 Å². The molecular formula is C14H5BF8O2. The lowest BCUT2D eigenvalue weighted by atomic mass is 9.75. The van der Waals surface area contributed by atoms with Gasteiger partial charge in [0.2, 0.25) is 0 Å². The van der Waals surface area contributed by atoms with Crippen molar-refractivity contribution in [1.29, 1.82) is 0 Å². The van der Waals surface area contributed by atoms with E-state index in [0.717, 1.165) is 0 Å². The summed E-state index contributed by atoms with van der Waals surface area (Å²) in [4.78, 5) is 0. The van der Waals surface area contributed by atoms with E-state index in [4.69, 9.17) is 9.31 Å². The number of hydrogen-bond acceptors (Lipinski definition) is 2. The molecule has 2 nitrogen and oxygen atoms in total. The van der Waals surface area contributed by atoms with Gasteiger partial charge in [-0.2, -0.15) is 26.3 Å². The van der Waals surface area contributed by atoms with Crippen LogP contribution in [0.5, 0.6) is 11.5 Å². The summed E-state index contributed by atoms with van der Waals surface area (Å²) in [5, 5.41) is 0. The maximum Gasteiger partial charge on any atom is 0.633 e. The Morgan fingerprint density at radius 3 is 1.68 bits per heavy atom. The summed E-state index contributed by atoms with van der Waals surface area (Å²) < 4.78 is 114. The third-order valence-electron chi connectivity index (χ3n) is 3.40. The van der Waals surface area contributed by atoms with Gasteiger partial charge in [-0.1, -0.05) is 0 Å². The van der Waals surface area contributed by atoms with Gasteiger partial charge in [0, 0.05) is 5.46 Å². The van der Waals surface area contributed by atoms with Gasteiger partial charge in [-0.05, 0) is 30.3 Å². The molecule has 0 saturated carbocycles. The Labute approximate surface area is 135 Å². The lowest BCUT2D eigenvalue weighted by Gasteiger charge is -2.16. The average molecular weight is 368 g/mol. The van der Waals surface area contributed by atoms with Gasteiger partial charge >= 0.3 is 19.5 Å². The van der Waals surface area contributed by atoms with Crippen molar-refractivity contribution in [3.05, 3.63) is 53.1 Å². The number of rotatable bonds is 1. The normalized spacial score (nSPS) is 14.2. The third kappa shape index (κ3) is 3.10. The highest BCUT2D eigenvalue weighted by Gasteiger charge is 2.46. The predicted octanol–water partition coefficient (Wildman–Crippen LogP) is 4.17. The van der Waals surface area contributed by atoms with Crippen molar-refractivity contribution >= 4 is 12.6 Å². The third-order valence-corrected chi connectivity index (χ3v) is 3.40. The van der Waals surface area contributed by atoms with Gasteiger partial charge in [-0.15, -0.1) is 0 Å². The molecule has 1 heterocycles. The second-order valence-electron chi connectivity index (χ2n) is 5.05. The molecule has 0 aromatic heterocycles. The molecular weight excluding hydrogens is 363 g/mol. The zero-order valence-corrected chi connectivity index (χ0v) is 11.8. The molecule has 0 amide bonds. The summed E-state index contributed by atoms with van der Waals surface area (Å²) in [5.74, 6) is -3.87. The molecule has 3 rings (SSSR count). The summed E-state index contributed by atoms with van der Waals surface area (Å²) in [6, 6.07) is 1.93. The Hall–Kier alpha value is -2.46. The monoisotopic (exact) mass is 368 g/mol. The number of halogens is 8. The van der Waals surface area contributed by atoms with Gasteiger partial charge in [-0.3, -0.25) is 0 Å². The second kappa shape index (κ2) is 5.53. The highest BCUT2D eigenvalue weighted by Crippen LogP contribution is 2.40. The number of alkyl halides is 6. The van der Waals surface area contributed by atoms with Gasteiger partial charge in [0.15, 0.2) is 23.1 Å². The molecule has 0 atom stereocenters. The van der Waals surface area contributed by atoms with E-state index in [9.17, 15) is 35.1 Å². The fourth-order valence-electron chi connectivity index (χ4n) is 2.29. The standard InChI is InChI=1S/C14H5BF8O2/c16-9-3-4-10(17)12-11(9)24-15(25-12)8-5-6(13(18,19)20)1-2-7(8)14(21,22)23/h1-5H. The summed E-state index contributed by atoms with van der Waals surface area (Å²) in [5.41, 5.74) is -3.91. The Bertz CT molecular complexity index is 800. The lowest BCUT2D eigenvalue weighted by molar-refractivity contribution is -0.140. The van der Waals surface area contributed by atoms with Crippen LogP contribution in [0.2, 0.25) is 0 Å². The van der Waals surface area contributed by atoms with Crippen LogP contribution in [0.15, 0.2) is 30.3 Å². The molecule has 1 aliphatic heterocycles. The molecule has 0 spiro atoms. The first kappa shape index (κ1) is 17.4. The van der Waals surface area contributed by atoms with E-state index in [1.54, 1.807) is 0 Å². The van der Waals surface area contributed by atoms with Crippen molar-refractivity contribution in [3.8, 4) is 11.5 Å². The molecule has 1 aliphatic rings. The van der Waals surface area contributed by atoms with E-state index in [1.807, 2.05) is 0 Å². The SMILES string of the molecule is Fc1ccc(F)c2c1OB(c1cc(C(F)(F)F)ccc1C(F)(F)F)O2. The fourth-order valence-corrected chi connectivity index (χ4v) is 2.29. The fraction of sp³-hybridized carbons (Fsp3) is 0.143. The Morgan fingerprint density at radius 2 is 1.24 bits per heavy atom. The molecule has 0 N–H and O–H groups in total. The first-order chi connectivity index (χ1) is 11.5. The second-order valence-corrected chi connectivity index (χ2v) is 5.05. The largest absolute Gasteiger partial charge is 0.633 e. The topological polar surface area (TPSA) is 18.5 Å². The van der Waals surface area contributed by atoms with Crippen molar-refractivity contribution in [2.24, 2.45) is 0 Å². The molecule has 0 radical (unpaired) electrons. The van der Waals surface area contributed by atoms with Crippen LogP contribution in [-0.2, 0) is 12.4 Å². The Morgan fingerprint density at radius 1 is 0.720 bits per heavy atom. The van der Waals surface area contributed by atoms with Gasteiger partial charge < -0.3 is 9.31 Å². The molecule has 0 aliphatic carbocycles. The zero-order chi connectivity index (χ0) is 18.6. The van der Waals surface area contributed by atoms with Crippen LogP contribution in [0.25, 0.3) is 0 Å². The zero-order valence-electron chi connectivity index (χ0n) is 11.8. The first-order valence-electron chi connectivity index (χ1n) is 6.58. The molecule has 2 aromatic carbocycles. The van der Waals surface area contributed by atoms with Crippen LogP contribution in [0.3, 0.4) is 0 Å². The Kier molecular flexibility index (Phi) is 3.84. The average Bonchev–Trinajstić information content (AvgIpc) is 2.95. The smallest absolute Gasteiger partial charge is 0.517 e.